The summed E-state index contributed by atoms with van der Waals surface area (Å²) in [5.41, 5.74) is 0.536. The van der Waals surface area contributed by atoms with Crippen LogP contribution in [0.4, 0.5) is 5.13 Å². The molecular formula is C18H26ClN3O2S. The van der Waals surface area contributed by atoms with Crippen molar-refractivity contribution in [1.29, 1.82) is 0 Å². The number of amides is 1. The molecule has 2 aliphatic carbocycles. The summed E-state index contributed by atoms with van der Waals surface area (Å²) in [4.78, 5) is 30.7. The molecular weight excluding hydrogens is 358 g/mol. The molecule has 0 spiro atoms. The Bertz CT molecular complexity index is 702. The van der Waals surface area contributed by atoms with Crippen molar-refractivity contribution in [2.75, 3.05) is 18.4 Å². The van der Waals surface area contributed by atoms with Crippen molar-refractivity contribution in [3.63, 3.8) is 0 Å². The summed E-state index contributed by atoms with van der Waals surface area (Å²) >= 11 is 1.35. The Kier molecular flexibility index (Phi) is 4.99. The molecule has 0 radical (unpaired) electrons. The van der Waals surface area contributed by atoms with Crippen LogP contribution in [-0.4, -0.2) is 29.8 Å². The van der Waals surface area contributed by atoms with Crippen LogP contribution in [-0.2, 0) is 11.2 Å². The highest BCUT2D eigenvalue weighted by Crippen LogP contribution is 2.45. The number of aromatic nitrogens is 1. The maximum absolute atomic E-state index is 13.0. The van der Waals surface area contributed by atoms with Crippen molar-refractivity contribution < 1.29 is 9.59 Å². The van der Waals surface area contributed by atoms with Crippen molar-refractivity contribution in [2.24, 2.45) is 16.7 Å². The number of halogens is 1. The zero-order chi connectivity index (χ0) is 16.9. The van der Waals surface area contributed by atoms with E-state index in [-0.39, 0.29) is 34.9 Å². The van der Waals surface area contributed by atoms with Gasteiger partial charge in [0.05, 0.1) is 16.0 Å². The Morgan fingerprint density at radius 1 is 1.32 bits per heavy atom. The first kappa shape index (κ1) is 18.8. The van der Waals surface area contributed by atoms with Gasteiger partial charge in [0, 0.05) is 13.0 Å². The van der Waals surface area contributed by atoms with E-state index >= 15 is 0 Å². The maximum atomic E-state index is 13.0. The van der Waals surface area contributed by atoms with Gasteiger partial charge in [-0.3, -0.25) is 9.59 Å². The Balaban J connectivity index is 0.00000182. The van der Waals surface area contributed by atoms with Crippen LogP contribution in [0.25, 0.3) is 0 Å². The molecule has 138 valence electrons. The zero-order valence-electron chi connectivity index (χ0n) is 14.8. The lowest BCUT2D eigenvalue weighted by atomic mass is 9.68. The molecule has 2 fully saturated rings. The SMILES string of the molecule is CC1(C)CC(=O)c2sc(NC(=O)[C@@]34CCCC[C@H]3CNC4)nc2C1.Cl. The molecule has 4 rings (SSSR count). The molecule has 2 heterocycles. The number of fused-ring (bicyclic) bond motifs is 2. The maximum Gasteiger partial charge on any atom is 0.233 e. The smallest absolute Gasteiger partial charge is 0.233 e. The minimum atomic E-state index is -0.284. The molecule has 1 saturated heterocycles. The summed E-state index contributed by atoms with van der Waals surface area (Å²) < 4.78 is 0. The largest absolute Gasteiger partial charge is 0.315 e. The number of Topliss-reactive ketones (excluding diaryl/α,β-unsaturated/α-hetero) is 1. The van der Waals surface area contributed by atoms with Gasteiger partial charge in [0.2, 0.25) is 5.91 Å². The van der Waals surface area contributed by atoms with Gasteiger partial charge >= 0.3 is 0 Å². The van der Waals surface area contributed by atoms with Crippen molar-refractivity contribution in [1.82, 2.24) is 10.3 Å². The Morgan fingerprint density at radius 3 is 2.92 bits per heavy atom. The number of carbonyl (C=O) groups is 2. The molecule has 2 N–H and O–H groups in total. The summed E-state index contributed by atoms with van der Waals surface area (Å²) in [6, 6.07) is 0. The molecule has 25 heavy (non-hydrogen) atoms. The lowest BCUT2D eigenvalue weighted by molar-refractivity contribution is -0.128. The molecule has 7 heteroatoms. The fraction of sp³-hybridized carbons (Fsp3) is 0.722. The number of carbonyl (C=O) groups excluding carboxylic acids is 2. The highest BCUT2D eigenvalue weighted by atomic mass is 35.5. The van der Waals surface area contributed by atoms with E-state index in [9.17, 15) is 9.59 Å². The van der Waals surface area contributed by atoms with E-state index in [4.69, 9.17) is 0 Å². The van der Waals surface area contributed by atoms with Gasteiger partial charge in [-0.15, -0.1) is 12.4 Å². The van der Waals surface area contributed by atoms with E-state index in [1.807, 2.05) is 0 Å². The third-order valence-electron chi connectivity index (χ3n) is 5.95. The first-order chi connectivity index (χ1) is 11.4. The number of ketones is 1. The van der Waals surface area contributed by atoms with Crippen molar-refractivity contribution in [2.45, 2.75) is 52.4 Å². The van der Waals surface area contributed by atoms with Crippen LogP contribution in [0.2, 0.25) is 0 Å². The van der Waals surface area contributed by atoms with Gasteiger partial charge in [0.25, 0.3) is 0 Å². The van der Waals surface area contributed by atoms with Crippen LogP contribution in [0.15, 0.2) is 0 Å². The molecule has 1 aromatic heterocycles. The fourth-order valence-electron chi connectivity index (χ4n) is 4.69. The van der Waals surface area contributed by atoms with Crippen molar-refractivity contribution >= 4 is 40.6 Å². The number of hydrogen-bond donors (Lipinski definition) is 2. The lowest BCUT2D eigenvalue weighted by Crippen LogP contribution is -2.44. The molecule has 1 amide bonds. The highest BCUT2D eigenvalue weighted by Gasteiger charge is 2.50. The molecule has 1 aromatic rings. The van der Waals surface area contributed by atoms with E-state index in [1.165, 1.54) is 17.8 Å². The van der Waals surface area contributed by atoms with Crippen LogP contribution in [0.3, 0.4) is 0 Å². The standard InChI is InChI=1S/C18H25N3O2S.ClH/c1-17(2)7-12-14(13(22)8-17)24-16(20-12)21-15(23)18-6-4-3-5-11(18)9-19-10-18;/h11,19H,3-10H2,1-2H3,(H,20,21,23);1H/t11-,18+;/m0./s1. The molecule has 2 atom stereocenters. The third kappa shape index (κ3) is 3.24. The van der Waals surface area contributed by atoms with Crippen LogP contribution in [0.5, 0.6) is 0 Å². The number of nitrogens with one attached hydrogen (secondary N) is 2. The fourth-order valence-corrected chi connectivity index (χ4v) is 5.60. The van der Waals surface area contributed by atoms with Gasteiger partial charge in [-0.1, -0.05) is 38.0 Å². The molecule has 0 unspecified atom stereocenters. The van der Waals surface area contributed by atoms with Crippen LogP contribution in [0, 0.1) is 16.7 Å². The van der Waals surface area contributed by atoms with E-state index < -0.39 is 0 Å². The Morgan fingerprint density at radius 2 is 2.12 bits per heavy atom. The Hall–Kier alpha value is -0.980. The van der Waals surface area contributed by atoms with Gasteiger partial charge in [-0.2, -0.15) is 0 Å². The van der Waals surface area contributed by atoms with Gasteiger partial charge in [-0.25, -0.2) is 4.98 Å². The Labute approximate surface area is 158 Å². The molecule has 5 nitrogen and oxygen atoms in total. The summed E-state index contributed by atoms with van der Waals surface area (Å²) in [5.74, 6) is 0.687. The van der Waals surface area contributed by atoms with Gasteiger partial charge < -0.3 is 10.6 Å². The molecule has 1 saturated carbocycles. The van der Waals surface area contributed by atoms with E-state index in [1.54, 1.807) is 0 Å². The first-order valence-electron chi connectivity index (χ1n) is 8.95. The number of anilines is 1. The van der Waals surface area contributed by atoms with Gasteiger partial charge in [0.15, 0.2) is 10.9 Å². The number of nitrogens with zero attached hydrogens (tertiary/aromatic N) is 1. The summed E-state index contributed by atoms with van der Waals surface area (Å²) in [5, 5.41) is 7.06. The third-order valence-corrected chi connectivity index (χ3v) is 7.00. The molecule has 1 aliphatic heterocycles. The van der Waals surface area contributed by atoms with Gasteiger partial charge in [0.1, 0.15) is 0 Å². The summed E-state index contributed by atoms with van der Waals surface area (Å²) in [6.07, 6.45) is 5.78. The molecule has 0 bridgehead atoms. The average Bonchev–Trinajstić information content (AvgIpc) is 3.10. The monoisotopic (exact) mass is 383 g/mol. The number of hydrogen-bond acceptors (Lipinski definition) is 5. The predicted molar refractivity (Wildman–Crippen MR) is 102 cm³/mol. The van der Waals surface area contributed by atoms with Crippen LogP contribution >= 0.6 is 23.7 Å². The minimum absolute atomic E-state index is 0. The van der Waals surface area contributed by atoms with E-state index in [0.29, 0.717) is 17.5 Å². The highest BCUT2D eigenvalue weighted by molar-refractivity contribution is 7.17. The number of thiazole rings is 1. The lowest BCUT2D eigenvalue weighted by Gasteiger charge is -2.36. The van der Waals surface area contributed by atoms with E-state index in [2.05, 4.69) is 29.5 Å². The topological polar surface area (TPSA) is 71.1 Å². The summed E-state index contributed by atoms with van der Waals surface area (Å²) in [7, 11) is 0. The number of rotatable bonds is 2. The molecule has 3 aliphatic rings. The second-order valence-electron chi connectivity index (χ2n) is 8.42. The van der Waals surface area contributed by atoms with Crippen LogP contribution < -0.4 is 10.6 Å². The predicted octanol–water partition coefficient (Wildman–Crippen LogP) is 3.44. The quantitative estimate of drug-likeness (QED) is 0.820. The van der Waals surface area contributed by atoms with E-state index in [0.717, 1.165) is 49.3 Å². The molecule has 0 aromatic carbocycles. The first-order valence-corrected chi connectivity index (χ1v) is 9.76. The second kappa shape index (κ2) is 6.63. The zero-order valence-corrected chi connectivity index (χ0v) is 16.4. The summed E-state index contributed by atoms with van der Waals surface area (Å²) in [6.45, 7) is 5.90. The second-order valence-corrected chi connectivity index (χ2v) is 9.42. The van der Waals surface area contributed by atoms with Gasteiger partial charge in [-0.05, 0) is 37.1 Å². The normalized spacial score (nSPS) is 30.2. The van der Waals surface area contributed by atoms with Crippen molar-refractivity contribution in [3.05, 3.63) is 10.6 Å². The average molecular weight is 384 g/mol. The van der Waals surface area contributed by atoms with Crippen LogP contribution in [0.1, 0.15) is 61.3 Å². The van der Waals surface area contributed by atoms with Crippen molar-refractivity contribution in [3.8, 4) is 0 Å². The minimum Gasteiger partial charge on any atom is -0.315 e.